The minimum atomic E-state index is -0.113. The fraction of sp³-hybridized carbons (Fsp3) is 0.471. The van der Waals surface area contributed by atoms with E-state index in [4.69, 9.17) is 14.2 Å². The van der Waals surface area contributed by atoms with Crippen LogP contribution in [0.2, 0.25) is 0 Å². The van der Waals surface area contributed by atoms with Crippen molar-refractivity contribution in [1.82, 2.24) is 20.1 Å². The van der Waals surface area contributed by atoms with Crippen molar-refractivity contribution >= 4 is 5.91 Å². The van der Waals surface area contributed by atoms with Crippen LogP contribution in [0.25, 0.3) is 0 Å². The molecule has 8 heteroatoms. The van der Waals surface area contributed by atoms with E-state index in [2.05, 4.69) is 15.2 Å². The number of nitrogens with zero attached hydrogens (tertiary/aromatic N) is 3. The van der Waals surface area contributed by atoms with Crippen LogP contribution in [0.5, 0.6) is 11.5 Å². The van der Waals surface area contributed by atoms with Gasteiger partial charge in [-0.2, -0.15) is 5.10 Å². The van der Waals surface area contributed by atoms with Gasteiger partial charge in [0.1, 0.15) is 5.82 Å². The molecule has 1 saturated heterocycles. The highest BCUT2D eigenvalue weighted by atomic mass is 16.7. The lowest BCUT2D eigenvalue weighted by molar-refractivity contribution is 0.0550. The standard InChI is InChI=1S/C17H20N4O4/c1-10-18-16(20-19-10)12-5-6-23-15(12)8-21(2)17(22)11-3-4-13-14(7-11)25-9-24-13/h3-4,7,12,15H,5-6,8-9H2,1-2H3,(H,18,19,20)/t12-,15-/m1/s1. The topological polar surface area (TPSA) is 89.6 Å². The second-order valence-corrected chi connectivity index (χ2v) is 6.34. The maximum Gasteiger partial charge on any atom is 0.253 e. The molecule has 4 rings (SSSR count). The fourth-order valence-corrected chi connectivity index (χ4v) is 3.25. The zero-order chi connectivity index (χ0) is 17.4. The molecule has 1 aromatic heterocycles. The number of amides is 1. The number of fused-ring (bicyclic) bond motifs is 1. The quantitative estimate of drug-likeness (QED) is 0.904. The maximum atomic E-state index is 12.7. The predicted octanol–water partition coefficient (Wildman–Crippen LogP) is 1.49. The van der Waals surface area contributed by atoms with Gasteiger partial charge in [-0.3, -0.25) is 9.89 Å². The summed E-state index contributed by atoms with van der Waals surface area (Å²) in [4.78, 5) is 18.8. The number of likely N-dealkylation sites (N-methyl/N-ethyl adjacent to an activating group) is 1. The molecule has 0 radical (unpaired) electrons. The van der Waals surface area contributed by atoms with Gasteiger partial charge < -0.3 is 19.1 Å². The predicted molar refractivity (Wildman–Crippen MR) is 87.7 cm³/mol. The lowest BCUT2D eigenvalue weighted by Gasteiger charge is -2.24. The van der Waals surface area contributed by atoms with Gasteiger partial charge in [-0.05, 0) is 31.5 Å². The summed E-state index contributed by atoms with van der Waals surface area (Å²) in [7, 11) is 1.77. The zero-order valence-electron chi connectivity index (χ0n) is 14.2. The van der Waals surface area contributed by atoms with E-state index < -0.39 is 0 Å². The van der Waals surface area contributed by atoms with Crippen LogP contribution >= 0.6 is 0 Å². The van der Waals surface area contributed by atoms with Crippen LogP contribution in [0.15, 0.2) is 18.2 Å². The van der Waals surface area contributed by atoms with Gasteiger partial charge in [0, 0.05) is 25.8 Å². The van der Waals surface area contributed by atoms with Crippen LogP contribution in [0.4, 0.5) is 0 Å². The molecular formula is C17H20N4O4. The molecular weight excluding hydrogens is 324 g/mol. The summed E-state index contributed by atoms with van der Waals surface area (Å²) in [5.74, 6) is 2.81. The molecule has 0 bridgehead atoms. The Hall–Kier alpha value is -2.61. The average molecular weight is 344 g/mol. The zero-order valence-corrected chi connectivity index (χ0v) is 14.2. The van der Waals surface area contributed by atoms with Crippen LogP contribution in [0, 0.1) is 6.92 Å². The fourth-order valence-electron chi connectivity index (χ4n) is 3.25. The van der Waals surface area contributed by atoms with Crippen molar-refractivity contribution < 1.29 is 19.0 Å². The van der Waals surface area contributed by atoms with Crippen molar-refractivity contribution in [2.75, 3.05) is 27.0 Å². The molecule has 1 aromatic carbocycles. The molecule has 2 aliphatic rings. The van der Waals surface area contributed by atoms with Crippen LogP contribution in [0.3, 0.4) is 0 Å². The lowest BCUT2D eigenvalue weighted by atomic mass is 10.00. The monoisotopic (exact) mass is 344 g/mol. The molecule has 2 atom stereocenters. The summed E-state index contributed by atoms with van der Waals surface area (Å²) in [6.45, 7) is 3.19. The van der Waals surface area contributed by atoms with Gasteiger partial charge in [0.15, 0.2) is 17.3 Å². The molecule has 1 amide bonds. The van der Waals surface area contributed by atoms with E-state index >= 15 is 0 Å². The number of aromatic nitrogens is 3. The molecule has 3 heterocycles. The molecule has 1 N–H and O–H groups in total. The summed E-state index contributed by atoms with van der Waals surface area (Å²) in [5, 5.41) is 7.12. The Balaban J connectivity index is 1.45. The van der Waals surface area contributed by atoms with Gasteiger partial charge in [0.25, 0.3) is 5.91 Å². The van der Waals surface area contributed by atoms with E-state index in [-0.39, 0.29) is 24.7 Å². The van der Waals surface area contributed by atoms with Crippen molar-refractivity contribution in [3.63, 3.8) is 0 Å². The Morgan fingerprint density at radius 3 is 3.00 bits per heavy atom. The molecule has 8 nitrogen and oxygen atoms in total. The first-order valence-corrected chi connectivity index (χ1v) is 8.27. The van der Waals surface area contributed by atoms with Crippen molar-refractivity contribution in [2.45, 2.75) is 25.4 Å². The van der Waals surface area contributed by atoms with E-state index in [1.807, 2.05) is 6.92 Å². The van der Waals surface area contributed by atoms with Gasteiger partial charge in [-0.1, -0.05) is 0 Å². The second-order valence-electron chi connectivity index (χ2n) is 6.34. The Morgan fingerprint density at radius 2 is 2.20 bits per heavy atom. The van der Waals surface area contributed by atoms with E-state index in [9.17, 15) is 4.79 Å². The van der Waals surface area contributed by atoms with E-state index in [1.165, 1.54) is 0 Å². The molecule has 25 heavy (non-hydrogen) atoms. The first kappa shape index (κ1) is 15.9. The van der Waals surface area contributed by atoms with Crippen molar-refractivity contribution in [2.24, 2.45) is 0 Å². The van der Waals surface area contributed by atoms with Crippen molar-refractivity contribution in [3.05, 3.63) is 35.4 Å². The Bertz CT molecular complexity index is 791. The lowest BCUT2D eigenvalue weighted by Crippen LogP contribution is -2.36. The summed E-state index contributed by atoms with van der Waals surface area (Å²) in [5.41, 5.74) is 0.565. The van der Waals surface area contributed by atoms with E-state index in [0.29, 0.717) is 30.2 Å². The summed E-state index contributed by atoms with van der Waals surface area (Å²) >= 11 is 0. The van der Waals surface area contributed by atoms with Gasteiger partial charge >= 0.3 is 0 Å². The number of carbonyl (C=O) groups excluding carboxylic acids is 1. The highest BCUT2D eigenvalue weighted by Crippen LogP contribution is 2.33. The number of rotatable bonds is 4. The molecule has 0 unspecified atom stereocenters. The molecule has 2 aliphatic heterocycles. The molecule has 2 aromatic rings. The smallest absolute Gasteiger partial charge is 0.253 e. The number of aryl methyl sites for hydroxylation is 1. The first-order valence-electron chi connectivity index (χ1n) is 8.27. The Labute approximate surface area is 145 Å². The molecule has 132 valence electrons. The third-order valence-corrected chi connectivity index (χ3v) is 4.58. The minimum absolute atomic E-state index is 0.0845. The summed E-state index contributed by atoms with van der Waals surface area (Å²) < 4.78 is 16.5. The molecule has 1 fully saturated rings. The van der Waals surface area contributed by atoms with Crippen LogP contribution < -0.4 is 9.47 Å². The number of ether oxygens (including phenoxy) is 3. The van der Waals surface area contributed by atoms with Crippen molar-refractivity contribution in [3.8, 4) is 11.5 Å². The Morgan fingerprint density at radius 1 is 1.36 bits per heavy atom. The third kappa shape index (κ3) is 3.05. The van der Waals surface area contributed by atoms with E-state index in [1.54, 1.807) is 30.1 Å². The minimum Gasteiger partial charge on any atom is -0.454 e. The van der Waals surface area contributed by atoms with Crippen LogP contribution in [-0.4, -0.2) is 59.1 Å². The summed E-state index contributed by atoms with van der Waals surface area (Å²) in [6, 6.07) is 5.22. The number of carbonyl (C=O) groups is 1. The highest BCUT2D eigenvalue weighted by molar-refractivity contribution is 5.94. The summed E-state index contributed by atoms with van der Waals surface area (Å²) in [6.07, 6.45) is 0.742. The number of hydrogen-bond donors (Lipinski definition) is 1. The molecule has 0 spiro atoms. The Kier molecular flexibility index (Phi) is 4.04. The average Bonchev–Trinajstić information content (AvgIpc) is 3.33. The number of hydrogen-bond acceptors (Lipinski definition) is 6. The molecule has 0 saturated carbocycles. The van der Waals surface area contributed by atoms with Gasteiger partial charge in [-0.15, -0.1) is 0 Å². The third-order valence-electron chi connectivity index (χ3n) is 4.58. The number of benzene rings is 1. The van der Waals surface area contributed by atoms with Gasteiger partial charge in [0.2, 0.25) is 6.79 Å². The van der Waals surface area contributed by atoms with Crippen LogP contribution in [0.1, 0.15) is 34.3 Å². The number of H-pyrrole nitrogens is 1. The van der Waals surface area contributed by atoms with Crippen molar-refractivity contribution in [1.29, 1.82) is 0 Å². The maximum absolute atomic E-state index is 12.7. The van der Waals surface area contributed by atoms with Gasteiger partial charge in [-0.25, -0.2) is 4.98 Å². The van der Waals surface area contributed by atoms with Gasteiger partial charge in [0.05, 0.1) is 12.0 Å². The van der Waals surface area contributed by atoms with E-state index in [0.717, 1.165) is 18.1 Å². The largest absolute Gasteiger partial charge is 0.454 e. The van der Waals surface area contributed by atoms with Crippen LogP contribution in [-0.2, 0) is 4.74 Å². The second kappa shape index (κ2) is 6.36. The number of aromatic amines is 1. The first-order chi connectivity index (χ1) is 12.1. The highest BCUT2D eigenvalue weighted by Gasteiger charge is 2.34. The molecule has 0 aliphatic carbocycles. The number of nitrogens with one attached hydrogen (secondary N) is 1. The normalized spacial score (nSPS) is 21.5. The SMILES string of the molecule is Cc1nc([C@@H]2CCO[C@@H]2CN(C)C(=O)c2ccc3c(c2)OCO3)n[nH]1.